The molecule has 1 aromatic heterocycles. The van der Waals surface area contributed by atoms with Crippen molar-refractivity contribution in [2.24, 2.45) is 0 Å². The van der Waals surface area contributed by atoms with Gasteiger partial charge in [-0.25, -0.2) is 0 Å². The van der Waals surface area contributed by atoms with Gasteiger partial charge in [-0.05, 0) is 42.2 Å². The maximum Gasteiger partial charge on any atom is 0.433 e. The van der Waals surface area contributed by atoms with E-state index in [2.05, 4.69) is 5.92 Å². The molecule has 0 aliphatic heterocycles. The lowest BCUT2D eigenvalue weighted by atomic mass is 9.92. The monoisotopic (exact) mass is 315 g/mol. The Kier molecular flexibility index (Phi) is 3.90. The van der Waals surface area contributed by atoms with Crippen LogP contribution in [0.1, 0.15) is 11.3 Å². The predicted octanol–water partition coefficient (Wildman–Crippen LogP) is 3.32. The quantitative estimate of drug-likeness (QED) is 0.627. The highest BCUT2D eigenvalue weighted by atomic mass is 35.5. The summed E-state index contributed by atoms with van der Waals surface area (Å²) in [6, 6.07) is 6.25. The lowest BCUT2D eigenvalue weighted by Crippen LogP contribution is -2.41. The molecule has 0 aliphatic carbocycles. The highest BCUT2D eigenvalue weighted by molar-refractivity contribution is 6.30. The second-order valence-corrected chi connectivity index (χ2v) is 4.60. The van der Waals surface area contributed by atoms with Crippen molar-refractivity contribution in [1.29, 1.82) is 0 Å². The van der Waals surface area contributed by atoms with E-state index in [1.807, 2.05) is 0 Å². The fourth-order valence-electron chi connectivity index (χ4n) is 1.63. The average Bonchev–Trinajstić information content (AvgIpc) is 2.90. The molecule has 2 aromatic rings. The van der Waals surface area contributed by atoms with Crippen molar-refractivity contribution in [2.45, 2.75) is 11.8 Å². The first kappa shape index (κ1) is 15.3. The molecule has 0 bridgehead atoms. The average molecular weight is 316 g/mol. The summed E-state index contributed by atoms with van der Waals surface area (Å²) < 4.78 is 44.6. The number of anilines is 1. The van der Waals surface area contributed by atoms with E-state index in [4.69, 9.17) is 21.8 Å². The van der Waals surface area contributed by atoms with Crippen molar-refractivity contribution in [2.75, 3.05) is 5.73 Å². The number of halogens is 4. The summed E-state index contributed by atoms with van der Waals surface area (Å²) in [6.07, 6.45) is -3.81. The largest absolute Gasteiger partial charge is 0.456 e. The van der Waals surface area contributed by atoms with Gasteiger partial charge in [-0.3, -0.25) is 0 Å². The predicted molar refractivity (Wildman–Crippen MR) is 71.4 cm³/mol. The summed E-state index contributed by atoms with van der Waals surface area (Å²) >= 11 is 5.67. The molecule has 7 heteroatoms. The molecule has 0 fully saturated rings. The minimum absolute atomic E-state index is 0.00155. The van der Waals surface area contributed by atoms with Gasteiger partial charge in [0.2, 0.25) is 0 Å². The molecular weight excluding hydrogens is 307 g/mol. The van der Waals surface area contributed by atoms with Gasteiger partial charge in [0.25, 0.3) is 5.60 Å². The number of rotatable bonds is 1. The van der Waals surface area contributed by atoms with Crippen molar-refractivity contribution in [1.82, 2.24) is 0 Å². The molecule has 1 atom stereocenters. The van der Waals surface area contributed by atoms with Gasteiger partial charge in [0.1, 0.15) is 0 Å². The maximum atomic E-state index is 13.2. The van der Waals surface area contributed by atoms with Gasteiger partial charge < -0.3 is 15.3 Å². The number of alkyl halides is 3. The van der Waals surface area contributed by atoms with E-state index in [-0.39, 0.29) is 16.5 Å². The molecule has 3 nitrogen and oxygen atoms in total. The summed E-state index contributed by atoms with van der Waals surface area (Å²) in [5.74, 6) is 3.89. The minimum atomic E-state index is -5.06. The van der Waals surface area contributed by atoms with Crippen LogP contribution in [0.25, 0.3) is 0 Å². The van der Waals surface area contributed by atoms with Crippen molar-refractivity contribution < 1.29 is 22.7 Å². The molecule has 0 aliphatic rings. The second kappa shape index (κ2) is 5.35. The standard InChI is InChI=1S/C14H9ClF3NO2/c15-9-3-4-12(19)11(8-9)13(20,14(16,17)18)6-5-10-2-1-7-21-10/h1-4,7-8,20H,19H2. The first-order chi connectivity index (χ1) is 9.74. The van der Waals surface area contributed by atoms with Crippen LogP contribution in [0.4, 0.5) is 18.9 Å². The van der Waals surface area contributed by atoms with Gasteiger partial charge in [-0.1, -0.05) is 11.6 Å². The summed E-state index contributed by atoms with van der Waals surface area (Å²) in [4.78, 5) is 0. The zero-order chi connectivity index (χ0) is 15.7. The molecular formula is C14H9ClF3NO2. The number of nitrogens with two attached hydrogens (primary N) is 1. The van der Waals surface area contributed by atoms with Gasteiger partial charge in [-0.2, -0.15) is 13.2 Å². The van der Waals surface area contributed by atoms with Crippen LogP contribution < -0.4 is 5.73 Å². The summed E-state index contributed by atoms with van der Waals surface area (Å²) in [5, 5.41) is 10.0. The molecule has 0 spiro atoms. The second-order valence-electron chi connectivity index (χ2n) is 4.17. The number of benzene rings is 1. The Morgan fingerprint density at radius 3 is 2.52 bits per heavy atom. The summed E-state index contributed by atoms with van der Waals surface area (Å²) in [6.45, 7) is 0. The molecule has 0 radical (unpaired) electrons. The van der Waals surface area contributed by atoms with Crippen LogP contribution in [-0.4, -0.2) is 11.3 Å². The van der Waals surface area contributed by atoms with Crippen LogP contribution in [0.2, 0.25) is 5.02 Å². The van der Waals surface area contributed by atoms with Crippen LogP contribution in [0.3, 0.4) is 0 Å². The lowest BCUT2D eigenvalue weighted by molar-refractivity contribution is -0.240. The Balaban J connectivity index is 2.60. The van der Waals surface area contributed by atoms with Crippen molar-refractivity contribution in [3.8, 4) is 11.8 Å². The highest BCUT2D eigenvalue weighted by Gasteiger charge is 2.55. The third kappa shape index (κ3) is 2.99. The fourth-order valence-corrected chi connectivity index (χ4v) is 1.81. The van der Waals surface area contributed by atoms with Crippen LogP contribution in [-0.2, 0) is 5.60 Å². The minimum Gasteiger partial charge on any atom is -0.456 e. The van der Waals surface area contributed by atoms with Crippen molar-refractivity contribution in [3.63, 3.8) is 0 Å². The number of hydrogen-bond acceptors (Lipinski definition) is 3. The number of furan rings is 1. The Morgan fingerprint density at radius 2 is 1.95 bits per heavy atom. The molecule has 0 saturated heterocycles. The van der Waals surface area contributed by atoms with Gasteiger partial charge in [0, 0.05) is 16.3 Å². The fraction of sp³-hybridized carbons (Fsp3) is 0.143. The van der Waals surface area contributed by atoms with Gasteiger partial charge in [0.05, 0.1) is 6.26 Å². The Morgan fingerprint density at radius 1 is 1.24 bits per heavy atom. The highest BCUT2D eigenvalue weighted by Crippen LogP contribution is 2.41. The van der Waals surface area contributed by atoms with E-state index in [9.17, 15) is 18.3 Å². The van der Waals surface area contributed by atoms with Crippen molar-refractivity contribution in [3.05, 3.63) is 52.9 Å². The van der Waals surface area contributed by atoms with Crippen LogP contribution in [0.15, 0.2) is 41.0 Å². The molecule has 1 aromatic carbocycles. The maximum absolute atomic E-state index is 13.2. The molecule has 0 amide bonds. The van der Waals surface area contributed by atoms with Crippen LogP contribution in [0, 0.1) is 11.8 Å². The summed E-state index contributed by atoms with van der Waals surface area (Å²) in [7, 11) is 0. The van der Waals surface area contributed by atoms with E-state index in [0.717, 1.165) is 6.07 Å². The Bertz CT molecular complexity index is 701. The Hall–Kier alpha value is -2.10. The van der Waals surface area contributed by atoms with E-state index in [0.29, 0.717) is 0 Å². The van der Waals surface area contributed by atoms with E-state index in [1.165, 1.54) is 30.5 Å². The summed E-state index contributed by atoms with van der Waals surface area (Å²) in [5.41, 5.74) is 1.17. The molecule has 2 rings (SSSR count). The number of hydrogen-bond donors (Lipinski definition) is 2. The molecule has 21 heavy (non-hydrogen) atoms. The Labute approximate surface area is 123 Å². The first-order valence-corrected chi connectivity index (χ1v) is 6.03. The van der Waals surface area contributed by atoms with E-state index < -0.39 is 17.3 Å². The van der Waals surface area contributed by atoms with Crippen LogP contribution in [0.5, 0.6) is 0 Å². The van der Waals surface area contributed by atoms with Crippen molar-refractivity contribution >= 4 is 17.3 Å². The number of aliphatic hydroxyl groups is 1. The molecule has 3 N–H and O–H groups in total. The smallest absolute Gasteiger partial charge is 0.433 e. The molecule has 0 saturated carbocycles. The molecule has 1 unspecified atom stereocenters. The zero-order valence-electron chi connectivity index (χ0n) is 10.4. The first-order valence-electron chi connectivity index (χ1n) is 5.65. The third-order valence-corrected chi connectivity index (χ3v) is 2.94. The third-order valence-electron chi connectivity index (χ3n) is 2.70. The van der Waals surface area contributed by atoms with Gasteiger partial charge in [-0.15, -0.1) is 0 Å². The van der Waals surface area contributed by atoms with E-state index >= 15 is 0 Å². The number of nitrogen functional groups attached to an aromatic ring is 1. The van der Waals surface area contributed by atoms with Crippen LogP contribution >= 0.6 is 11.6 Å². The SMILES string of the molecule is Nc1ccc(Cl)cc1C(O)(C#Cc1ccco1)C(F)(F)F. The zero-order valence-corrected chi connectivity index (χ0v) is 11.2. The molecule has 110 valence electrons. The van der Waals surface area contributed by atoms with E-state index in [1.54, 1.807) is 5.92 Å². The molecule has 1 heterocycles. The van der Waals surface area contributed by atoms with Gasteiger partial charge in [0.15, 0.2) is 5.76 Å². The van der Waals surface area contributed by atoms with Gasteiger partial charge >= 0.3 is 6.18 Å². The normalized spacial score (nSPS) is 14.1. The lowest BCUT2D eigenvalue weighted by Gasteiger charge is -2.26. The topological polar surface area (TPSA) is 59.4 Å².